The molecule has 0 bridgehead atoms. The first kappa shape index (κ1) is 16.1. The SMILES string of the molecule is CC(C)(C)OC(=O)NC[C@H](N)c1ccc(Cl)c(Cl)c1. The highest BCUT2D eigenvalue weighted by Crippen LogP contribution is 2.24. The molecule has 0 radical (unpaired) electrons. The number of amides is 1. The van der Waals surface area contributed by atoms with E-state index in [9.17, 15) is 4.79 Å². The molecule has 0 saturated heterocycles. The summed E-state index contributed by atoms with van der Waals surface area (Å²) in [6.45, 7) is 5.65. The molecule has 1 rings (SSSR count). The number of nitrogens with two attached hydrogens (primary N) is 1. The van der Waals surface area contributed by atoms with Gasteiger partial charge in [-0.1, -0.05) is 29.3 Å². The second kappa shape index (κ2) is 6.46. The highest BCUT2D eigenvalue weighted by molar-refractivity contribution is 6.42. The number of ether oxygens (including phenoxy) is 1. The van der Waals surface area contributed by atoms with Gasteiger partial charge in [0.1, 0.15) is 5.60 Å². The number of benzene rings is 1. The van der Waals surface area contributed by atoms with Gasteiger partial charge in [-0.2, -0.15) is 0 Å². The number of halogens is 2. The molecule has 0 heterocycles. The minimum Gasteiger partial charge on any atom is -0.444 e. The average Bonchev–Trinajstić information content (AvgIpc) is 2.27. The maximum absolute atomic E-state index is 11.5. The Morgan fingerprint density at radius 3 is 2.53 bits per heavy atom. The molecular formula is C13H18Cl2N2O2. The van der Waals surface area contributed by atoms with E-state index >= 15 is 0 Å². The number of alkyl carbamates (subject to hydrolysis) is 1. The Kier molecular flexibility index (Phi) is 5.47. The zero-order valence-electron chi connectivity index (χ0n) is 11.2. The largest absolute Gasteiger partial charge is 0.444 e. The van der Waals surface area contributed by atoms with Crippen LogP contribution in [0.15, 0.2) is 18.2 Å². The van der Waals surface area contributed by atoms with Gasteiger partial charge in [0.2, 0.25) is 0 Å². The summed E-state index contributed by atoms with van der Waals surface area (Å²) in [5.41, 5.74) is 6.22. The Labute approximate surface area is 123 Å². The molecule has 1 atom stereocenters. The van der Waals surface area contributed by atoms with E-state index < -0.39 is 11.7 Å². The Balaban J connectivity index is 2.53. The van der Waals surface area contributed by atoms with Crippen LogP contribution in [0.4, 0.5) is 4.79 Å². The first-order chi connectivity index (χ1) is 8.69. The third-order valence-electron chi connectivity index (χ3n) is 2.24. The lowest BCUT2D eigenvalue weighted by Gasteiger charge is -2.21. The summed E-state index contributed by atoms with van der Waals surface area (Å²) in [6.07, 6.45) is -0.497. The van der Waals surface area contributed by atoms with Crippen LogP contribution in [0, 0.1) is 0 Å². The van der Waals surface area contributed by atoms with Crippen molar-refractivity contribution in [3.63, 3.8) is 0 Å². The second-order valence-electron chi connectivity index (χ2n) is 5.16. The van der Waals surface area contributed by atoms with Crippen molar-refractivity contribution in [2.45, 2.75) is 32.4 Å². The molecule has 0 unspecified atom stereocenters. The summed E-state index contributed by atoms with van der Waals surface area (Å²) in [4.78, 5) is 11.5. The predicted octanol–water partition coefficient (Wildman–Crippen LogP) is 3.52. The molecule has 1 aromatic carbocycles. The summed E-state index contributed by atoms with van der Waals surface area (Å²) in [5, 5.41) is 3.52. The molecule has 0 saturated carbocycles. The molecule has 0 aromatic heterocycles. The summed E-state index contributed by atoms with van der Waals surface area (Å²) < 4.78 is 5.11. The highest BCUT2D eigenvalue weighted by atomic mass is 35.5. The van der Waals surface area contributed by atoms with Gasteiger partial charge in [-0.25, -0.2) is 4.79 Å². The smallest absolute Gasteiger partial charge is 0.407 e. The van der Waals surface area contributed by atoms with Crippen LogP contribution in [-0.2, 0) is 4.74 Å². The van der Waals surface area contributed by atoms with Crippen LogP contribution in [0.3, 0.4) is 0 Å². The molecule has 0 spiro atoms. The lowest BCUT2D eigenvalue weighted by atomic mass is 10.1. The molecule has 0 aliphatic carbocycles. The van der Waals surface area contributed by atoms with Crippen LogP contribution in [0.1, 0.15) is 32.4 Å². The summed E-state index contributed by atoms with van der Waals surface area (Å²) in [7, 11) is 0. The molecule has 4 nitrogen and oxygen atoms in total. The lowest BCUT2D eigenvalue weighted by Crippen LogP contribution is -2.36. The van der Waals surface area contributed by atoms with Crippen molar-refractivity contribution in [2.75, 3.05) is 6.54 Å². The topological polar surface area (TPSA) is 64.3 Å². The number of rotatable bonds is 3. The van der Waals surface area contributed by atoms with Crippen LogP contribution in [0.25, 0.3) is 0 Å². The third-order valence-corrected chi connectivity index (χ3v) is 2.98. The van der Waals surface area contributed by atoms with E-state index in [0.717, 1.165) is 5.56 Å². The Bertz CT molecular complexity index is 458. The summed E-state index contributed by atoms with van der Waals surface area (Å²) in [6, 6.07) is 4.76. The van der Waals surface area contributed by atoms with E-state index in [1.807, 2.05) is 0 Å². The first-order valence-electron chi connectivity index (χ1n) is 5.86. The number of nitrogens with one attached hydrogen (secondary N) is 1. The fourth-order valence-corrected chi connectivity index (χ4v) is 1.67. The zero-order chi connectivity index (χ0) is 14.6. The van der Waals surface area contributed by atoms with Crippen LogP contribution in [0.2, 0.25) is 10.0 Å². The Morgan fingerprint density at radius 1 is 1.37 bits per heavy atom. The van der Waals surface area contributed by atoms with Gasteiger partial charge in [0.05, 0.1) is 10.0 Å². The number of carbonyl (C=O) groups is 1. The third kappa shape index (κ3) is 5.68. The van der Waals surface area contributed by atoms with Gasteiger partial charge in [0.25, 0.3) is 0 Å². The molecule has 0 fully saturated rings. The van der Waals surface area contributed by atoms with Crippen LogP contribution >= 0.6 is 23.2 Å². The van der Waals surface area contributed by atoms with Crippen molar-refractivity contribution in [1.29, 1.82) is 0 Å². The summed E-state index contributed by atoms with van der Waals surface area (Å²) in [5.74, 6) is 0. The van der Waals surface area contributed by atoms with Gasteiger partial charge in [-0.15, -0.1) is 0 Å². The zero-order valence-corrected chi connectivity index (χ0v) is 12.7. The van der Waals surface area contributed by atoms with Crippen LogP contribution < -0.4 is 11.1 Å². The molecule has 0 aliphatic rings. The monoisotopic (exact) mass is 304 g/mol. The van der Waals surface area contributed by atoms with E-state index in [1.54, 1.807) is 39.0 Å². The van der Waals surface area contributed by atoms with Gasteiger partial charge in [-0.05, 0) is 38.5 Å². The highest BCUT2D eigenvalue weighted by Gasteiger charge is 2.17. The van der Waals surface area contributed by atoms with Gasteiger partial charge in [0.15, 0.2) is 0 Å². The van der Waals surface area contributed by atoms with Gasteiger partial charge in [0, 0.05) is 12.6 Å². The minimum atomic E-state index is -0.530. The molecule has 106 valence electrons. The minimum absolute atomic E-state index is 0.257. The van der Waals surface area contributed by atoms with Crippen LogP contribution in [0.5, 0.6) is 0 Å². The fraction of sp³-hybridized carbons (Fsp3) is 0.462. The molecule has 19 heavy (non-hydrogen) atoms. The first-order valence-corrected chi connectivity index (χ1v) is 6.62. The van der Waals surface area contributed by atoms with Gasteiger partial charge in [-0.3, -0.25) is 0 Å². The molecular weight excluding hydrogens is 287 g/mol. The average molecular weight is 305 g/mol. The van der Waals surface area contributed by atoms with Crippen molar-refractivity contribution in [3.8, 4) is 0 Å². The van der Waals surface area contributed by atoms with Crippen molar-refractivity contribution in [3.05, 3.63) is 33.8 Å². The standard InChI is InChI=1S/C13H18Cl2N2O2/c1-13(2,3)19-12(18)17-7-11(16)8-4-5-9(14)10(15)6-8/h4-6,11H,7,16H2,1-3H3,(H,17,18)/t11-/m0/s1. The molecule has 6 heteroatoms. The van der Waals surface area contributed by atoms with Crippen molar-refractivity contribution in [2.24, 2.45) is 5.73 Å². The summed E-state index contributed by atoms with van der Waals surface area (Å²) >= 11 is 11.7. The quantitative estimate of drug-likeness (QED) is 0.898. The van der Waals surface area contributed by atoms with Crippen molar-refractivity contribution < 1.29 is 9.53 Å². The van der Waals surface area contributed by atoms with Crippen LogP contribution in [-0.4, -0.2) is 18.2 Å². The molecule has 3 N–H and O–H groups in total. The lowest BCUT2D eigenvalue weighted by molar-refractivity contribution is 0.0524. The van der Waals surface area contributed by atoms with Gasteiger partial charge < -0.3 is 15.8 Å². The van der Waals surface area contributed by atoms with Gasteiger partial charge >= 0.3 is 6.09 Å². The maximum Gasteiger partial charge on any atom is 0.407 e. The fourth-order valence-electron chi connectivity index (χ4n) is 1.37. The maximum atomic E-state index is 11.5. The molecule has 0 aliphatic heterocycles. The van der Waals surface area contributed by atoms with E-state index in [4.69, 9.17) is 33.7 Å². The Morgan fingerprint density at radius 2 is 2.00 bits per heavy atom. The number of hydrogen-bond donors (Lipinski definition) is 2. The number of carbonyl (C=O) groups excluding carboxylic acids is 1. The second-order valence-corrected chi connectivity index (χ2v) is 5.98. The molecule has 1 aromatic rings. The van der Waals surface area contributed by atoms with Crippen molar-refractivity contribution in [1.82, 2.24) is 5.32 Å². The van der Waals surface area contributed by atoms with E-state index in [-0.39, 0.29) is 12.6 Å². The van der Waals surface area contributed by atoms with Crippen molar-refractivity contribution >= 4 is 29.3 Å². The normalized spacial score (nSPS) is 12.9. The van der Waals surface area contributed by atoms with E-state index in [0.29, 0.717) is 10.0 Å². The number of hydrogen-bond acceptors (Lipinski definition) is 3. The van der Waals surface area contributed by atoms with E-state index in [2.05, 4.69) is 5.32 Å². The molecule has 1 amide bonds. The Hall–Kier alpha value is -0.970. The van der Waals surface area contributed by atoms with E-state index in [1.165, 1.54) is 0 Å². The predicted molar refractivity (Wildman–Crippen MR) is 77.6 cm³/mol.